The van der Waals surface area contributed by atoms with Crippen LogP contribution in [-0.2, 0) is 19.6 Å². The van der Waals surface area contributed by atoms with Crippen LogP contribution in [0.25, 0.3) is 0 Å². The van der Waals surface area contributed by atoms with E-state index in [1.165, 1.54) is 0 Å². The number of imidazole rings is 1. The van der Waals surface area contributed by atoms with Crippen molar-refractivity contribution in [2.45, 2.75) is 32.4 Å². The van der Waals surface area contributed by atoms with Crippen molar-refractivity contribution in [2.75, 3.05) is 0 Å². The second-order valence-corrected chi connectivity index (χ2v) is 4.98. The van der Waals surface area contributed by atoms with Crippen LogP contribution in [0.3, 0.4) is 0 Å². The van der Waals surface area contributed by atoms with E-state index in [9.17, 15) is 5.11 Å². The molecule has 1 aromatic heterocycles. The second kappa shape index (κ2) is 5.13. The number of halogens is 1. The first kappa shape index (κ1) is 12.4. The summed E-state index contributed by atoms with van der Waals surface area (Å²) in [6, 6.07) is 6.92. The van der Waals surface area contributed by atoms with E-state index in [0.717, 1.165) is 37.2 Å². The Morgan fingerprint density at radius 3 is 3.00 bits per heavy atom. The number of para-hydroxylation sites is 2. The first-order chi connectivity index (χ1) is 9.25. The Morgan fingerprint density at radius 1 is 1.32 bits per heavy atom. The predicted octanol–water partition coefficient (Wildman–Crippen LogP) is 3.16. The molecule has 0 saturated carbocycles. The van der Waals surface area contributed by atoms with Gasteiger partial charge in [0.2, 0.25) is 5.28 Å². The van der Waals surface area contributed by atoms with Gasteiger partial charge >= 0.3 is 0 Å². The minimum Gasteiger partial charge on any atom is -0.504 e. The van der Waals surface area contributed by atoms with E-state index in [4.69, 9.17) is 16.3 Å². The molecule has 0 bridgehead atoms. The number of nitrogens with zero attached hydrogens (tertiary/aromatic N) is 2. The molecule has 3 rings (SSSR count). The number of aromatic nitrogens is 2. The van der Waals surface area contributed by atoms with E-state index >= 15 is 0 Å². The molecule has 1 N–H and O–H groups in total. The Morgan fingerprint density at radius 2 is 2.16 bits per heavy atom. The summed E-state index contributed by atoms with van der Waals surface area (Å²) in [4.78, 5) is 4.36. The molecule has 0 spiro atoms. The predicted molar refractivity (Wildman–Crippen MR) is 72.6 cm³/mol. The van der Waals surface area contributed by atoms with Gasteiger partial charge in [0.05, 0.1) is 0 Å². The van der Waals surface area contributed by atoms with Gasteiger partial charge in [0.15, 0.2) is 11.5 Å². The Kier molecular flexibility index (Phi) is 3.34. The molecule has 19 heavy (non-hydrogen) atoms. The number of ether oxygens (including phenoxy) is 1. The lowest BCUT2D eigenvalue weighted by molar-refractivity contribution is 0.283. The monoisotopic (exact) mass is 278 g/mol. The van der Waals surface area contributed by atoms with Crippen molar-refractivity contribution < 1.29 is 9.84 Å². The maximum atomic E-state index is 9.66. The zero-order valence-corrected chi connectivity index (χ0v) is 11.2. The molecular weight excluding hydrogens is 264 g/mol. The number of rotatable bonds is 3. The van der Waals surface area contributed by atoms with Crippen molar-refractivity contribution in [3.63, 3.8) is 0 Å². The van der Waals surface area contributed by atoms with Gasteiger partial charge in [0.1, 0.15) is 12.3 Å². The van der Waals surface area contributed by atoms with Crippen LogP contribution in [0.2, 0.25) is 5.28 Å². The van der Waals surface area contributed by atoms with Gasteiger partial charge in [-0.05, 0) is 43.0 Å². The average molecular weight is 279 g/mol. The third-order valence-electron chi connectivity index (χ3n) is 3.38. The summed E-state index contributed by atoms with van der Waals surface area (Å²) in [5.41, 5.74) is 2.03. The summed E-state index contributed by atoms with van der Waals surface area (Å²) < 4.78 is 7.67. The minimum atomic E-state index is 0.140. The summed E-state index contributed by atoms with van der Waals surface area (Å²) in [7, 11) is 0. The summed E-state index contributed by atoms with van der Waals surface area (Å²) in [5, 5.41) is 10.2. The van der Waals surface area contributed by atoms with Crippen LogP contribution < -0.4 is 4.74 Å². The molecule has 2 aromatic rings. The number of hydrogen-bond acceptors (Lipinski definition) is 3. The number of aromatic hydroxyl groups is 1. The quantitative estimate of drug-likeness (QED) is 0.938. The summed E-state index contributed by atoms with van der Waals surface area (Å²) in [5.74, 6) is 0.609. The van der Waals surface area contributed by atoms with Crippen LogP contribution in [-0.4, -0.2) is 14.7 Å². The number of fused-ring (bicyclic) bond motifs is 1. The SMILES string of the molecule is Oc1ccccc1OCc1nc(Cl)n2c1CCCC2. The fourth-order valence-electron chi connectivity index (χ4n) is 2.41. The largest absolute Gasteiger partial charge is 0.504 e. The molecule has 4 nitrogen and oxygen atoms in total. The van der Waals surface area contributed by atoms with E-state index in [-0.39, 0.29) is 5.75 Å². The summed E-state index contributed by atoms with van der Waals surface area (Å²) >= 11 is 6.12. The minimum absolute atomic E-state index is 0.140. The Labute approximate surface area is 116 Å². The summed E-state index contributed by atoms with van der Waals surface area (Å²) in [6.07, 6.45) is 3.29. The van der Waals surface area contributed by atoms with Crippen molar-refractivity contribution in [3.05, 3.63) is 40.9 Å². The Balaban J connectivity index is 1.79. The molecule has 1 aliphatic heterocycles. The zero-order chi connectivity index (χ0) is 13.2. The normalized spacial score (nSPS) is 14.2. The standard InChI is InChI=1S/C14H15ClN2O2/c15-14-16-10(11-5-3-4-8-17(11)14)9-19-13-7-2-1-6-12(13)18/h1-2,6-7,18H,3-5,8-9H2. The van der Waals surface area contributed by atoms with Crippen LogP contribution in [0.1, 0.15) is 24.2 Å². The molecule has 100 valence electrons. The molecule has 0 fully saturated rings. The first-order valence-electron chi connectivity index (χ1n) is 6.40. The van der Waals surface area contributed by atoms with Crippen molar-refractivity contribution in [1.82, 2.24) is 9.55 Å². The molecule has 0 unspecified atom stereocenters. The highest BCUT2D eigenvalue weighted by atomic mass is 35.5. The smallest absolute Gasteiger partial charge is 0.203 e. The number of hydrogen-bond donors (Lipinski definition) is 1. The number of phenolic OH excluding ortho intramolecular Hbond substituents is 1. The molecule has 1 aliphatic rings. The topological polar surface area (TPSA) is 47.3 Å². The van der Waals surface area contributed by atoms with Crippen LogP contribution in [0, 0.1) is 0 Å². The van der Waals surface area contributed by atoms with Gasteiger partial charge in [-0.15, -0.1) is 0 Å². The second-order valence-electron chi connectivity index (χ2n) is 4.64. The Bertz CT molecular complexity index is 595. The maximum absolute atomic E-state index is 9.66. The third-order valence-corrected chi connectivity index (χ3v) is 3.67. The lowest BCUT2D eigenvalue weighted by atomic mass is 10.1. The van der Waals surface area contributed by atoms with Crippen LogP contribution >= 0.6 is 11.6 Å². The average Bonchev–Trinajstić information content (AvgIpc) is 2.75. The van der Waals surface area contributed by atoms with Crippen molar-refractivity contribution in [2.24, 2.45) is 0 Å². The third kappa shape index (κ3) is 2.40. The van der Waals surface area contributed by atoms with Gasteiger partial charge in [0.25, 0.3) is 0 Å². The van der Waals surface area contributed by atoms with Gasteiger partial charge in [-0.3, -0.25) is 0 Å². The van der Waals surface area contributed by atoms with Gasteiger partial charge in [0, 0.05) is 12.2 Å². The highest BCUT2D eigenvalue weighted by Crippen LogP contribution is 2.28. The van der Waals surface area contributed by atoms with Crippen LogP contribution in [0.15, 0.2) is 24.3 Å². The molecule has 0 saturated heterocycles. The maximum Gasteiger partial charge on any atom is 0.203 e. The molecule has 0 radical (unpaired) electrons. The molecule has 5 heteroatoms. The van der Waals surface area contributed by atoms with Gasteiger partial charge in [-0.1, -0.05) is 12.1 Å². The molecule has 1 aromatic carbocycles. The van der Waals surface area contributed by atoms with Crippen molar-refractivity contribution in [1.29, 1.82) is 0 Å². The van der Waals surface area contributed by atoms with E-state index in [1.807, 2.05) is 6.07 Å². The van der Waals surface area contributed by atoms with E-state index in [1.54, 1.807) is 18.2 Å². The van der Waals surface area contributed by atoms with Crippen LogP contribution in [0.4, 0.5) is 0 Å². The summed E-state index contributed by atoms with van der Waals surface area (Å²) in [6.45, 7) is 1.26. The van der Waals surface area contributed by atoms with E-state index in [0.29, 0.717) is 17.6 Å². The Hall–Kier alpha value is -1.68. The fraction of sp³-hybridized carbons (Fsp3) is 0.357. The highest BCUT2D eigenvalue weighted by molar-refractivity contribution is 6.28. The molecule has 2 heterocycles. The van der Waals surface area contributed by atoms with Gasteiger partial charge < -0.3 is 14.4 Å². The molecule has 0 aliphatic carbocycles. The molecule has 0 atom stereocenters. The molecule has 0 amide bonds. The van der Waals surface area contributed by atoms with Gasteiger partial charge in [-0.2, -0.15) is 0 Å². The fourth-order valence-corrected chi connectivity index (χ4v) is 2.70. The van der Waals surface area contributed by atoms with Crippen molar-refractivity contribution in [3.8, 4) is 11.5 Å². The zero-order valence-electron chi connectivity index (χ0n) is 10.5. The lowest BCUT2D eigenvalue weighted by Gasteiger charge is -2.16. The molecular formula is C14H15ClN2O2. The first-order valence-corrected chi connectivity index (χ1v) is 6.78. The number of phenols is 1. The lowest BCUT2D eigenvalue weighted by Crippen LogP contribution is -2.11. The number of benzene rings is 1. The van der Waals surface area contributed by atoms with E-state index in [2.05, 4.69) is 9.55 Å². The highest BCUT2D eigenvalue weighted by Gasteiger charge is 2.19. The van der Waals surface area contributed by atoms with Gasteiger partial charge in [-0.25, -0.2) is 4.98 Å². The van der Waals surface area contributed by atoms with E-state index < -0.39 is 0 Å². The van der Waals surface area contributed by atoms with Crippen molar-refractivity contribution >= 4 is 11.6 Å². The van der Waals surface area contributed by atoms with Crippen LogP contribution in [0.5, 0.6) is 11.5 Å².